The normalized spacial score (nSPS) is 17.1. The van der Waals surface area contributed by atoms with Crippen LogP contribution < -0.4 is 5.32 Å². The molecule has 3 aromatic rings. The highest BCUT2D eigenvalue weighted by atomic mass is 16.5. The minimum atomic E-state index is -0.0574. The highest BCUT2D eigenvalue weighted by molar-refractivity contribution is 6.07. The van der Waals surface area contributed by atoms with Crippen molar-refractivity contribution in [3.05, 3.63) is 47.7 Å². The number of nitrogens with one attached hydrogen (secondary N) is 1. The van der Waals surface area contributed by atoms with E-state index in [1.54, 1.807) is 0 Å². The number of aromatic nitrogens is 2. The zero-order chi connectivity index (χ0) is 21.4. The smallest absolute Gasteiger partial charge is 0.259 e. The van der Waals surface area contributed by atoms with Crippen LogP contribution in [0.25, 0.3) is 22.4 Å². The molecule has 2 fully saturated rings. The number of amides is 2. The number of hydrogen-bond donors (Lipinski definition) is 1. The molecule has 2 aromatic heterocycles. The second-order valence-electron chi connectivity index (χ2n) is 8.28. The molecule has 1 aromatic carbocycles. The van der Waals surface area contributed by atoms with E-state index in [1.807, 2.05) is 48.2 Å². The fourth-order valence-corrected chi connectivity index (χ4v) is 4.00. The number of benzene rings is 1. The summed E-state index contributed by atoms with van der Waals surface area (Å²) in [6, 6.07) is 11.9. The summed E-state index contributed by atoms with van der Waals surface area (Å²) in [5.41, 5.74) is 3.18. The van der Waals surface area contributed by atoms with Gasteiger partial charge in [0.2, 0.25) is 5.91 Å². The summed E-state index contributed by atoms with van der Waals surface area (Å²) in [4.78, 5) is 34.0. The first-order chi connectivity index (χ1) is 15.1. The molecule has 0 radical (unpaired) electrons. The molecule has 0 spiro atoms. The molecular formula is C23H25N5O3. The summed E-state index contributed by atoms with van der Waals surface area (Å²) in [6.07, 6.45) is 2.17. The molecule has 1 saturated heterocycles. The molecular weight excluding hydrogens is 394 g/mol. The summed E-state index contributed by atoms with van der Waals surface area (Å²) < 4.78 is 5.40. The first-order valence-corrected chi connectivity index (χ1v) is 10.7. The van der Waals surface area contributed by atoms with Crippen LogP contribution in [0, 0.1) is 6.92 Å². The molecule has 3 heterocycles. The predicted octanol–water partition coefficient (Wildman–Crippen LogP) is 2.23. The molecule has 2 aliphatic rings. The third-order valence-electron chi connectivity index (χ3n) is 5.89. The van der Waals surface area contributed by atoms with Gasteiger partial charge in [-0.25, -0.2) is 4.98 Å². The Balaban J connectivity index is 1.34. The summed E-state index contributed by atoms with van der Waals surface area (Å²) in [7, 11) is 0. The minimum absolute atomic E-state index is 0.0574. The Morgan fingerprint density at radius 2 is 1.87 bits per heavy atom. The lowest BCUT2D eigenvalue weighted by Gasteiger charge is -2.34. The molecule has 1 aliphatic heterocycles. The zero-order valence-corrected chi connectivity index (χ0v) is 17.5. The third kappa shape index (κ3) is 4.16. The lowest BCUT2D eigenvalue weighted by Crippen LogP contribution is -2.51. The number of nitrogens with zero attached hydrogens (tertiary/aromatic N) is 4. The maximum Gasteiger partial charge on any atom is 0.259 e. The predicted molar refractivity (Wildman–Crippen MR) is 115 cm³/mol. The van der Waals surface area contributed by atoms with Crippen LogP contribution in [0.3, 0.4) is 0 Å². The van der Waals surface area contributed by atoms with Crippen LogP contribution in [-0.2, 0) is 4.79 Å². The maximum absolute atomic E-state index is 13.5. The number of fused-ring (bicyclic) bond motifs is 1. The second-order valence-corrected chi connectivity index (χ2v) is 8.28. The summed E-state index contributed by atoms with van der Waals surface area (Å²) in [5, 5.41) is 7.71. The molecule has 0 bridgehead atoms. The average molecular weight is 419 g/mol. The molecule has 0 unspecified atom stereocenters. The van der Waals surface area contributed by atoms with Crippen molar-refractivity contribution in [2.75, 3.05) is 32.7 Å². The molecule has 0 atom stereocenters. The van der Waals surface area contributed by atoms with E-state index in [1.165, 1.54) is 0 Å². The molecule has 1 N–H and O–H groups in total. The highest BCUT2D eigenvalue weighted by Gasteiger charge is 2.28. The molecule has 1 saturated carbocycles. The third-order valence-corrected chi connectivity index (χ3v) is 5.89. The first kappa shape index (κ1) is 19.7. The quantitative estimate of drug-likeness (QED) is 0.682. The Morgan fingerprint density at radius 1 is 1.13 bits per heavy atom. The monoisotopic (exact) mass is 419 g/mol. The number of hydrogen-bond acceptors (Lipinski definition) is 6. The molecule has 8 nitrogen and oxygen atoms in total. The van der Waals surface area contributed by atoms with E-state index in [4.69, 9.17) is 4.52 Å². The standard InChI is InChI=1S/C23H25N5O3/c1-15-21-18(13-19(25-22(21)31-26-15)16-5-3-2-4-6-16)23(30)28-11-9-27(10-12-28)14-20(29)24-17-7-8-17/h2-6,13,17H,7-12,14H2,1H3,(H,24,29). The van der Waals surface area contributed by atoms with Gasteiger partial charge in [0.1, 0.15) is 0 Å². The van der Waals surface area contributed by atoms with Crippen molar-refractivity contribution < 1.29 is 14.1 Å². The van der Waals surface area contributed by atoms with Crippen LogP contribution in [0.4, 0.5) is 0 Å². The van der Waals surface area contributed by atoms with Crippen molar-refractivity contribution in [2.45, 2.75) is 25.8 Å². The van der Waals surface area contributed by atoms with E-state index in [9.17, 15) is 9.59 Å². The van der Waals surface area contributed by atoms with Gasteiger partial charge in [-0.3, -0.25) is 14.5 Å². The molecule has 8 heteroatoms. The van der Waals surface area contributed by atoms with Gasteiger partial charge in [0.15, 0.2) is 0 Å². The topological polar surface area (TPSA) is 91.6 Å². The molecule has 5 rings (SSSR count). The van der Waals surface area contributed by atoms with E-state index in [0.717, 1.165) is 18.4 Å². The van der Waals surface area contributed by atoms with Crippen molar-refractivity contribution in [3.8, 4) is 11.3 Å². The largest absolute Gasteiger partial charge is 0.352 e. The summed E-state index contributed by atoms with van der Waals surface area (Å²) in [6.45, 7) is 4.71. The van der Waals surface area contributed by atoms with Gasteiger partial charge in [0.05, 0.1) is 28.9 Å². The number of rotatable bonds is 5. The number of carbonyl (C=O) groups excluding carboxylic acids is 2. The lowest BCUT2D eigenvalue weighted by atomic mass is 10.0. The van der Waals surface area contributed by atoms with Gasteiger partial charge < -0.3 is 14.7 Å². The number of aryl methyl sites for hydroxylation is 1. The number of piperazine rings is 1. The Bertz CT molecular complexity index is 1110. The van der Waals surface area contributed by atoms with Crippen LogP contribution in [0.5, 0.6) is 0 Å². The van der Waals surface area contributed by atoms with Crippen LogP contribution in [0.1, 0.15) is 28.9 Å². The van der Waals surface area contributed by atoms with Gasteiger partial charge in [-0.05, 0) is 25.8 Å². The van der Waals surface area contributed by atoms with Crippen LogP contribution in [0.2, 0.25) is 0 Å². The lowest BCUT2D eigenvalue weighted by molar-refractivity contribution is -0.122. The van der Waals surface area contributed by atoms with Crippen molar-refractivity contribution >= 4 is 22.9 Å². The summed E-state index contributed by atoms with van der Waals surface area (Å²) >= 11 is 0. The van der Waals surface area contributed by atoms with Crippen molar-refractivity contribution in [1.29, 1.82) is 0 Å². The zero-order valence-electron chi connectivity index (χ0n) is 17.5. The van der Waals surface area contributed by atoms with Gasteiger partial charge >= 0.3 is 0 Å². The number of pyridine rings is 1. The van der Waals surface area contributed by atoms with Crippen LogP contribution >= 0.6 is 0 Å². The van der Waals surface area contributed by atoms with Gasteiger partial charge in [-0.1, -0.05) is 35.5 Å². The molecule has 2 amide bonds. The van der Waals surface area contributed by atoms with Gasteiger partial charge in [-0.2, -0.15) is 0 Å². The Labute approximate surface area is 180 Å². The highest BCUT2D eigenvalue weighted by Crippen LogP contribution is 2.28. The minimum Gasteiger partial charge on any atom is -0.352 e. The fraction of sp³-hybridized carbons (Fsp3) is 0.391. The fourth-order valence-electron chi connectivity index (χ4n) is 4.00. The maximum atomic E-state index is 13.5. The van der Waals surface area contributed by atoms with Crippen molar-refractivity contribution in [3.63, 3.8) is 0 Å². The van der Waals surface area contributed by atoms with Gasteiger partial charge in [0, 0.05) is 37.8 Å². The van der Waals surface area contributed by atoms with Gasteiger partial charge in [-0.15, -0.1) is 0 Å². The van der Waals surface area contributed by atoms with Crippen molar-refractivity contribution in [1.82, 2.24) is 25.3 Å². The average Bonchev–Trinajstić information content (AvgIpc) is 3.53. The van der Waals surface area contributed by atoms with E-state index in [-0.39, 0.29) is 11.8 Å². The molecule has 1 aliphatic carbocycles. The summed E-state index contributed by atoms with van der Waals surface area (Å²) in [5.74, 6) is 0.0173. The Kier molecular flexibility index (Phi) is 5.15. The van der Waals surface area contributed by atoms with Crippen LogP contribution in [0.15, 0.2) is 40.9 Å². The number of carbonyl (C=O) groups is 2. The SMILES string of the molecule is Cc1noc2nc(-c3ccccc3)cc(C(=O)N3CCN(CC(=O)NC4CC4)CC3)c12. The molecule has 160 valence electrons. The Hall–Kier alpha value is -3.26. The van der Waals surface area contributed by atoms with E-state index >= 15 is 0 Å². The second kappa shape index (κ2) is 8.11. The van der Waals surface area contributed by atoms with Crippen LogP contribution in [-0.4, -0.2) is 70.5 Å². The van der Waals surface area contributed by atoms with E-state index < -0.39 is 0 Å². The molecule has 31 heavy (non-hydrogen) atoms. The van der Waals surface area contributed by atoms with E-state index in [0.29, 0.717) is 66.8 Å². The Morgan fingerprint density at radius 3 is 2.58 bits per heavy atom. The van der Waals surface area contributed by atoms with E-state index in [2.05, 4.69) is 20.4 Å². The van der Waals surface area contributed by atoms with Gasteiger partial charge in [0.25, 0.3) is 11.6 Å². The van der Waals surface area contributed by atoms with Crippen molar-refractivity contribution in [2.24, 2.45) is 0 Å². The first-order valence-electron chi connectivity index (χ1n) is 10.7.